The Morgan fingerprint density at radius 3 is 2.62 bits per heavy atom. The summed E-state index contributed by atoms with van der Waals surface area (Å²) in [6, 6.07) is 5.90. The maximum Gasteiger partial charge on any atom is 0.227 e. The molecule has 1 N–H and O–H groups in total. The van der Waals surface area contributed by atoms with Crippen molar-refractivity contribution >= 4 is 21.7 Å². The SMILES string of the molecule is CCCc1nc(NC)c(C)c(Oc2ccc(Br)c(C)c2)n1. The average molecular weight is 350 g/mol. The van der Waals surface area contributed by atoms with Crippen molar-refractivity contribution in [2.45, 2.75) is 33.6 Å². The highest BCUT2D eigenvalue weighted by Gasteiger charge is 2.12. The summed E-state index contributed by atoms with van der Waals surface area (Å²) >= 11 is 3.49. The number of hydrogen-bond donors (Lipinski definition) is 1. The molecule has 5 heteroatoms. The summed E-state index contributed by atoms with van der Waals surface area (Å²) in [5, 5.41) is 3.10. The molecule has 0 amide bonds. The number of benzene rings is 1. The zero-order valence-electron chi connectivity index (χ0n) is 12.8. The first-order valence-electron chi connectivity index (χ1n) is 7.04. The number of rotatable bonds is 5. The molecule has 1 aromatic carbocycles. The van der Waals surface area contributed by atoms with E-state index in [9.17, 15) is 0 Å². The molecule has 0 bridgehead atoms. The van der Waals surface area contributed by atoms with Crippen molar-refractivity contribution in [1.29, 1.82) is 0 Å². The maximum atomic E-state index is 5.96. The molecule has 1 heterocycles. The lowest BCUT2D eigenvalue weighted by Crippen LogP contribution is -2.05. The zero-order valence-corrected chi connectivity index (χ0v) is 14.4. The van der Waals surface area contributed by atoms with Gasteiger partial charge in [0.2, 0.25) is 5.88 Å². The summed E-state index contributed by atoms with van der Waals surface area (Å²) < 4.78 is 7.03. The predicted octanol–water partition coefficient (Wildman–Crippen LogP) is 4.64. The lowest BCUT2D eigenvalue weighted by atomic mass is 10.2. The minimum atomic E-state index is 0.611. The molecule has 1 aromatic heterocycles. The van der Waals surface area contributed by atoms with Crippen molar-refractivity contribution in [3.8, 4) is 11.6 Å². The van der Waals surface area contributed by atoms with E-state index in [1.54, 1.807) is 0 Å². The van der Waals surface area contributed by atoms with Gasteiger partial charge < -0.3 is 10.1 Å². The smallest absolute Gasteiger partial charge is 0.227 e. The number of ether oxygens (including phenoxy) is 1. The van der Waals surface area contributed by atoms with Crippen LogP contribution in [0.1, 0.15) is 30.3 Å². The Morgan fingerprint density at radius 2 is 2.00 bits per heavy atom. The maximum absolute atomic E-state index is 5.96. The van der Waals surface area contributed by atoms with Gasteiger partial charge in [0.15, 0.2) is 0 Å². The molecule has 0 atom stereocenters. The molecule has 0 spiro atoms. The van der Waals surface area contributed by atoms with Crippen molar-refractivity contribution in [2.75, 3.05) is 12.4 Å². The Bertz CT molecular complexity index is 644. The van der Waals surface area contributed by atoms with Gasteiger partial charge in [0.05, 0.1) is 5.56 Å². The second kappa shape index (κ2) is 6.89. The van der Waals surface area contributed by atoms with Gasteiger partial charge in [-0.1, -0.05) is 22.9 Å². The Morgan fingerprint density at radius 1 is 1.24 bits per heavy atom. The monoisotopic (exact) mass is 349 g/mol. The van der Waals surface area contributed by atoms with Crippen LogP contribution in [0.25, 0.3) is 0 Å². The van der Waals surface area contributed by atoms with Crippen LogP contribution >= 0.6 is 15.9 Å². The van der Waals surface area contributed by atoms with E-state index >= 15 is 0 Å². The first kappa shape index (κ1) is 15.8. The largest absolute Gasteiger partial charge is 0.439 e. The summed E-state index contributed by atoms with van der Waals surface area (Å²) in [6.07, 6.45) is 1.84. The van der Waals surface area contributed by atoms with Crippen LogP contribution in [0.2, 0.25) is 0 Å². The second-order valence-electron chi connectivity index (χ2n) is 4.93. The van der Waals surface area contributed by atoms with E-state index in [4.69, 9.17) is 4.74 Å². The van der Waals surface area contributed by atoms with Gasteiger partial charge in [-0.25, -0.2) is 4.98 Å². The number of hydrogen-bond acceptors (Lipinski definition) is 4. The molecule has 0 aliphatic heterocycles. The molecule has 2 rings (SSSR count). The van der Waals surface area contributed by atoms with Crippen LogP contribution < -0.4 is 10.1 Å². The number of halogens is 1. The molecule has 0 saturated heterocycles. The molecule has 112 valence electrons. The van der Waals surface area contributed by atoms with Gasteiger partial charge in [-0.3, -0.25) is 0 Å². The van der Waals surface area contributed by atoms with Crippen LogP contribution in [-0.2, 0) is 6.42 Å². The Labute approximate surface area is 134 Å². The molecule has 0 aliphatic rings. The predicted molar refractivity (Wildman–Crippen MR) is 89.3 cm³/mol. The molecule has 0 aliphatic carbocycles. The lowest BCUT2D eigenvalue weighted by Gasteiger charge is -2.13. The number of nitrogens with one attached hydrogen (secondary N) is 1. The quantitative estimate of drug-likeness (QED) is 0.853. The van der Waals surface area contributed by atoms with Crippen LogP contribution in [-0.4, -0.2) is 17.0 Å². The van der Waals surface area contributed by atoms with E-state index in [-0.39, 0.29) is 0 Å². The number of aryl methyl sites for hydroxylation is 2. The Balaban J connectivity index is 2.37. The molecule has 0 fully saturated rings. The van der Waals surface area contributed by atoms with Gasteiger partial charge in [0.1, 0.15) is 17.4 Å². The summed E-state index contributed by atoms with van der Waals surface area (Å²) in [7, 11) is 1.86. The third-order valence-electron chi connectivity index (χ3n) is 3.20. The fourth-order valence-electron chi connectivity index (χ4n) is 2.01. The highest BCUT2D eigenvalue weighted by atomic mass is 79.9. The number of anilines is 1. The minimum absolute atomic E-state index is 0.611. The second-order valence-corrected chi connectivity index (χ2v) is 5.79. The summed E-state index contributed by atoms with van der Waals surface area (Å²) in [4.78, 5) is 9.04. The van der Waals surface area contributed by atoms with Gasteiger partial charge in [0.25, 0.3) is 0 Å². The van der Waals surface area contributed by atoms with Crippen molar-refractivity contribution in [2.24, 2.45) is 0 Å². The van der Waals surface area contributed by atoms with Crippen molar-refractivity contribution < 1.29 is 4.74 Å². The van der Waals surface area contributed by atoms with E-state index < -0.39 is 0 Å². The van der Waals surface area contributed by atoms with Crippen molar-refractivity contribution in [3.63, 3.8) is 0 Å². The van der Waals surface area contributed by atoms with Crippen LogP contribution in [0.5, 0.6) is 11.6 Å². The Kier molecular flexibility index (Phi) is 5.17. The topological polar surface area (TPSA) is 47.0 Å². The van der Waals surface area contributed by atoms with Gasteiger partial charge >= 0.3 is 0 Å². The van der Waals surface area contributed by atoms with Gasteiger partial charge in [-0.2, -0.15) is 4.98 Å². The zero-order chi connectivity index (χ0) is 15.4. The summed E-state index contributed by atoms with van der Waals surface area (Å²) in [6.45, 7) is 6.11. The van der Waals surface area contributed by atoms with E-state index in [1.807, 2.05) is 39.1 Å². The minimum Gasteiger partial charge on any atom is -0.439 e. The first-order chi connectivity index (χ1) is 10.0. The van der Waals surface area contributed by atoms with Crippen LogP contribution in [0, 0.1) is 13.8 Å². The third kappa shape index (κ3) is 3.73. The molecular weight excluding hydrogens is 330 g/mol. The van der Waals surface area contributed by atoms with E-state index in [1.165, 1.54) is 0 Å². The van der Waals surface area contributed by atoms with Crippen molar-refractivity contribution in [1.82, 2.24) is 9.97 Å². The van der Waals surface area contributed by atoms with Crippen LogP contribution in [0.15, 0.2) is 22.7 Å². The van der Waals surface area contributed by atoms with E-state index in [0.29, 0.717) is 5.88 Å². The van der Waals surface area contributed by atoms with Crippen LogP contribution in [0.4, 0.5) is 5.82 Å². The Hall–Kier alpha value is -1.62. The molecule has 0 unspecified atom stereocenters. The fraction of sp³-hybridized carbons (Fsp3) is 0.375. The summed E-state index contributed by atoms with van der Waals surface area (Å²) in [5.74, 6) is 3.01. The average Bonchev–Trinajstić information content (AvgIpc) is 2.46. The summed E-state index contributed by atoms with van der Waals surface area (Å²) in [5.41, 5.74) is 2.04. The highest BCUT2D eigenvalue weighted by molar-refractivity contribution is 9.10. The molecule has 0 saturated carbocycles. The molecule has 2 aromatic rings. The van der Waals surface area contributed by atoms with Crippen LogP contribution in [0.3, 0.4) is 0 Å². The van der Waals surface area contributed by atoms with Gasteiger partial charge in [-0.15, -0.1) is 0 Å². The molecule has 21 heavy (non-hydrogen) atoms. The first-order valence-corrected chi connectivity index (χ1v) is 7.83. The fourth-order valence-corrected chi connectivity index (χ4v) is 2.26. The highest BCUT2D eigenvalue weighted by Crippen LogP contribution is 2.29. The third-order valence-corrected chi connectivity index (χ3v) is 4.09. The molecule has 0 radical (unpaired) electrons. The lowest BCUT2D eigenvalue weighted by molar-refractivity contribution is 0.454. The number of aromatic nitrogens is 2. The number of nitrogens with zero attached hydrogens (tertiary/aromatic N) is 2. The molecular formula is C16H20BrN3O. The molecule has 4 nitrogen and oxygen atoms in total. The normalized spacial score (nSPS) is 10.5. The van der Waals surface area contributed by atoms with Crippen molar-refractivity contribution in [3.05, 3.63) is 39.6 Å². The van der Waals surface area contributed by atoms with E-state index in [2.05, 4.69) is 38.1 Å². The van der Waals surface area contributed by atoms with Gasteiger partial charge in [-0.05, 0) is 44.0 Å². The van der Waals surface area contributed by atoms with Gasteiger partial charge in [0, 0.05) is 17.9 Å². The van der Waals surface area contributed by atoms with E-state index in [0.717, 1.165) is 45.8 Å². The standard InChI is InChI=1S/C16H20BrN3O/c1-5-6-14-19-15(18-4)11(3)16(20-14)21-12-7-8-13(17)10(2)9-12/h7-9H,5-6H2,1-4H3,(H,18,19,20).